The maximum atomic E-state index is 14.5. The average Bonchev–Trinajstić information content (AvgIpc) is 3.03. The number of hydrogen-bond donors (Lipinski definition) is 1. The Morgan fingerprint density at radius 1 is 1.24 bits per heavy atom. The van der Waals surface area contributed by atoms with Gasteiger partial charge in [0.15, 0.2) is 11.4 Å². The van der Waals surface area contributed by atoms with Crippen molar-refractivity contribution < 1.29 is 14.3 Å². The number of carbonyl (C=O) groups excluding carboxylic acids is 1. The molecule has 1 unspecified atom stereocenters. The van der Waals surface area contributed by atoms with E-state index in [1.807, 2.05) is 0 Å². The third-order valence-corrected chi connectivity index (χ3v) is 4.05. The molecule has 3 heterocycles. The minimum atomic E-state index is -1.28. The van der Waals surface area contributed by atoms with E-state index in [1.54, 1.807) is 36.5 Å². The van der Waals surface area contributed by atoms with E-state index in [9.17, 15) is 14.3 Å². The van der Waals surface area contributed by atoms with E-state index < -0.39 is 11.9 Å². The Labute approximate surface area is 141 Å². The lowest BCUT2D eigenvalue weighted by Gasteiger charge is -2.12. The highest BCUT2D eigenvalue weighted by Gasteiger charge is 2.21. The molecule has 124 valence electrons. The standard InChI is InChI=1S/C18H13FN4O2/c1-10(24)14-4-5-17-21-9-16(23(17)22-14)18(25)12-7-11-3-2-6-20-15(11)8-13(12)19/h2-9,18,25H,1H3. The molecule has 25 heavy (non-hydrogen) atoms. The molecule has 0 saturated carbocycles. The lowest BCUT2D eigenvalue weighted by molar-refractivity contribution is 0.101. The number of carbonyl (C=O) groups is 1. The molecule has 0 bridgehead atoms. The number of benzene rings is 1. The normalized spacial score (nSPS) is 12.6. The molecule has 4 aromatic rings. The maximum Gasteiger partial charge on any atom is 0.179 e. The van der Waals surface area contributed by atoms with Gasteiger partial charge in [-0.05, 0) is 24.3 Å². The summed E-state index contributed by atoms with van der Waals surface area (Å²) in [4.78, 5) is 19.8. The summed E-state index contributed by atoms with van der Waals surface area (Å²) in [5.74, 6) is -0.782. The molecule has 0 aliphatic rings. The topological polar surface area (TPSA) is 80.4 Å². The van der Waals surface area contributed by atoms with E-state index in [2.05, 4.69) is 15.1 Å². The highest BCUT2D eigenvalue weighted by atomic mass is 19.1. The van der Waals surface area contributed by atoms with Gasteiger partial charge in [0.25, 0.3) is 0 Å². The van der Waals surface area contributed by atoms with Gasteiger partial charge in [0.2, 0.25) is 0 Å². The third-order valence-electron chi connectivity index (χ3n) is 4.05. The second kappa shape index (κ2) is 5.71. The Kier molecular flexibility index (Phi) is 3.51. The fourth-order valence-electron chi connectivity index (χ4n) is 2.75. The molecule has 7 heteroatoms. The molecule has 1 N–H and O–H groups in total. The van der Waals surface area contributed by atoms with Crippen molar-refractivity contribution in [2.45, 2.75) is 13.0 Å². The van der Waals surface area contributed by atoms with E-state index in [0.717, 1.165) is 0 Å². The predicted molar refractivity (Wildman–Crippen MR) is 88.8 cm³/mol. The number of ketones is 1. The summed E-state index contributed by atoms with van der Waals surface area (Å²) in [5.41, 5.74) is 1.58. The molecule has 0 spiro atoms. The summed E-state index contributed by atoms with van der Waals surface area (Å²) in [6.45, 7) is 1.40. The maximum absolute atomic E-state index is 14.5. The highest BCUT2D eigenvalue weighted by molar-refractivity contribution is 5.92. The monoisotopic (exact) mass is 336 g/mol. The van der Waals surface area contributed by atoms with E-state index in [-0.39, 0.29) is 22.7 Å². The van der Waals surface area contributed by atoms with Gasteiger partial charge in [-0.25, -0.2) is 13.9 Å². The Morgan fingerprint density at radius 2 is 2.08 bits per heavy atom. The zero-order valence-corrected chi connectivity index (χ0v) is 13.2. The smallest absolute Gasteiger partial charge is 0.179 e. The Bertz CT molecular complexity index is 1120. The zero-order valence-electron chi connectivity index (χ0n) is 13.2. The van der Waals surface area contributed by atoms with Crippen molar-refractivity contribution in [1.29, 1.82) is 0 Å². The van der Waals surface area contributed by atoms with E-state index in [1.165, 1.54) is 23.7 Å². The molecule has 0 fully saturated rings. The number of fused-ring (bicyclic) bond motifs is 2. The van der Waals surface area contributed by atoms with Crippen LogP contribution >= 0.6 is 0 Å². The lowest BCUT2D eigenvalue weighted by Crippen LogP contribution is -2.10. The van der Waals surface area contributed by atoms with Crippen LogP contribution in [-0.4, -0.2) is 30.5 Å². The summed E-state index contributed by atoms with van der Waals surface area (Å²) in [5, 5.41) is 15.6. The van der Waals surface area contributed by atoms with Crippen molar-refractivity contribution in [2.75, 3.05) is 0 Å². The SMILES string of the molecule is CC(=O)c1ccc2ncc(C(O)c3cc4cccnc4cc3F)n2n1. The van der Waals surface area contributed by atoms with E-state index in [0.29, 0.717) is 16.6 Å². The molecular weight excluding hydrogens is 323 g/mol. The van der Waals surface area contributed by atoms with Crippen LogP contribution in [0.15, 0.2) is 48.8 Å². The summed E-state index contributed by atoms with van der Waals surface area (Å²) in [6, 6.07) is 9.55. The molecule has 6 nitrogen and oxygen atoms in total. The first kappa shape index (κ1) is 15.3. The van der Waals surface area contributed by atoms with Gasteiger partial charge in [0.05, 0.1) is 17.4 Å². The van der Waals surface area contributed by atoms with Gasteiger partial charge in [-0.15, -0.1) is 0 Å². The second-order valence-electron chi connectivity index (χ2n) is 5.70. The van der Waals surface area contributed by atoms with Gasteiger partial charge >= 0.3 is 0 Å². The fourth-order valence-corrected chi connectivity index (χ4v) is 2.75. The van der Waals surface area contributed by atoms with E-state index in [4.69, 9.17) is 0 Å². The van der Waals surface area contributed by atoms with Gasteiger partial charge in [0.1, 0.15) is 17.6 Å². The largest absolute Gasteiger partial charge is 0.382 e. The van der Waals surface area contributed by atoms with Crippen LogP contribution in [0.5, 0.6) is 0 Å². The van der Waals surface area contributed by atoms with Crippen LogP contribution in [0.25, 0.3) is 16.6 Å². The van der Waals surface area contributed by atoms with Crippen molar-refractivity contribution >= 4 is 22.3 Å². The molecule has 3 aromatic heterocycles. The van der Waals surface area contributed by atoms with Crippen LogP contribution in [0.1, 0.15) is 34.8 Å². The van der Waals surface area contributed by atoms with Crippen molar-refractivity contribution in [2.24, 2.45) is 0 Å². The molecule has 0 aliphatic heterocycles. The third kappa shape index (κ3) is 2.54. The number of aromatic nitrogens is 4. The summed E-state index contributed by atoms with van der Waals surface area (Å²) < 4.78 is 15.8. The average molecular weight is 336 g/mol. The van der Waals surface area contributed by atoms with Crippen LogP contribution in [0.3, 0.4) is 0 Å². The summed E-state index contributed by atoms with van der Waals surface area (Å²) in [6.07, 6.45) is 1.72. The molecule has 0 aliphatic carbocycles. The molecule has 1 aromatic carbocycles. The Hall–Kier alpha value is -3.19. The van der Waals surface area contributed by atoms with Crippen LogP contribution in [-0.2, 0) is 0 Å². The first-order chi connectivity index (χ1) is 12.0. The van der Waals surface area contributed by atoms with Crippen molar-refractivity contribution in [3.63, 3.8) is 0 Å². The van der Waals surface area contributed by atoms with Crippen LogP contribution in [0.4, 0.5) is 4.39 Å². The number of aliphatic hydroxyl groups excluding tert-OH is 1. The van der Waals surface area contributed by atoms with Crippen molar-refractivity contribution in [3.05, 3.63) is 71.6 Å². The molecular formula is C18H13FN4O2. The lowest BCUT2D eigenvalue weighted by atomic mass is 10.0. The number of halogens is 1. The van der Waals surface area contributed by atoms with Gasteiger partial charge in [-0.3, -0.25) is 9.78 Å². The van der Waals surface area contributed by atoms with Crippen molar-refractivity contribution in [1.82, 2.24) is 19.6 Å². The van der Waals surface area contributed by atoms with Gasteiger partial charge in [-0.2, -0.15) is 5.10 Å². The number of hydrogen-bond acceptors (Lipinski definition) is 5. The number of pyridine rings is 1. The number of aliphatic hydroxyl groups is 1. The van der Waals surface area contributed by atoms with Gasteiger partial charge in [0, 0.05) is 30.1 Å². The van der Waals surface area contributed by atoms with Crippen molar-refractivity contribution in [3.8, 4) is 0 Å². The summed E-state index contributed by atoms with van der Waals surface area (Å²) in [7, 11) is 0. The number of imidazole rings is 1. The zero-order chi connectivity index (χ0) is 17.6. The molecule has 0 amide bonds. The van der Waals surface area contributed by atoms with Crippen LogP contribution < -0.4 is 0 Å². The molecule has 0 radical (unpaired) electrons. The Balaban J connectivity index is 1.87. The minimum absolute atomic E-state index is 0.0947. The minimum Gasteiger partial charge on any atom is -0.382 e. The Morgan fingerprint density at radius 3 is 2.88 bits per heavy atom. The molecule has 0 saturated heterocycles. The number of rotatable bonds is 3. The quantitative estimate of drug-likeness (QED) is 0.582. The van der Waals surface area contributed by atoms with Crippen LogP contribution in [0, 0.1) is 5.82 Å². The van der Waals surface area contributed by atoms with Gasteiger partial charge < -0.3 is 5.11 Å². The number of Topliss-reactive ketones (excluding diaryl/α,β-unsaturated/α-hetero) is 1. The highest BCUT2D eigenvalue weighted by Crippen LogP contribution is 2.27. The first-order valence-corrected chi connectivity index (χ1v) is 7.62. The number of nitrogens with zero attached hydrogens (tertiary/aromatic N) is 4. The van der Waals surface area contributed by atoms with Gasteiger partial charge in [-0.1, -0.05) is 6.07 Å². The molecule has 4 rings (SSSR count). The summed E-state index contributed by atoms with van der Waals surface area (Å²) >= 11 is 0. The second-order valence-corrected chi connectivity index (χ2v) is 5.70. The van der Waals surface area contributed by atoms with E-state index >= 15 is 0 Å². The van der Waals surface area contributed by atoms with Crippen LogP contribution in [0.2, 0.25) is 0 Å². The molecule has 1 atom stereocenters. The first-order valence-electron chi connectivity index (χ1n) is 7.62. The fraction of sp³-hybridized carbons (Fsp3) is 0.111. The predicted octanol–water partition coefficient (Wildman–Crippen LogP) is 2.70.